The summed E-state index contributed by atoms with van der Waals surface area (Å²) in [6, 6.07) is 5.42. The summed E-state index contributed by atoms with van der Waals surface area (Å²) in [7, 11) is 0. The summed E-state index contributed by atoms with van der Waals surface area (Å²) in [4.78, 5) is 23.6. The van der Waals surface area contributed by atoms with Gasteiger partial charge in [-0.25, -0.2) is 4.79 Å². The smallest absolute Gasteiger partial charge is 0.336 e. The zero-order valence-electron chi connectivity index (χ0n) is 10.4. The first-order valence-corrected chi connectivity index (χ1v) is 7.64. The van der Waals surface area contributed by atoms with E-state index in [4.69, 9.17) is 5.11 Å². The molecular weight excluding hydrogens is 330 g/mol. The van der Waals surface area contributed by atoms with Gasteiger partial charge in [0.15, 0.2) is 0 Å². The number of carbonyl (C=O) groups excluding carboxylic acids is 1. The lowest BCUT2D eigenvalue weighted by atomic mass is 10.2. The maximum atomic E-state index is 11.8. The second-order valence-electron chi connectivity index (χ2n) is 4.49. The highest BCUT2D eigenvalue weighted by Crippen LogP contribution is 2.28. The third-order valence-corrected chi connectivity index (χ3v) is 4.56. The van der Waals surface area contributed by atoms with Crippen LogP contribution in [0.15, 0.2) is 27.6 Å². The topological polar surface area (TPSA) is 66.4 Å². The van der Waals surface area contributed by atoms with Crippen molar-refractivity contribution in [1.82, 2.24) is 5.32 Å². The maximum absolute atomic E-state index is 11.8. The summed E-state index contributed by atoms with van der Waals surface area (Å²) in [6.07, 6.45) is 2.12. The van der Waals surface area contributed by atoms with Crippen LogP contribution in [0, 0.1) is 0 Å². The fourth-order valence-corrected chi connectivity index (χ4v) is 2.88. The first-order chi connectivity index (χ1) is 8.97. The van der Waals surface area contributed by atoms with Crippen molar-refractivity contribution in [3.63, 3.8) is 0 Å². The van der Waals surface area contributed by atoms with Crippen LogP contribution < -0.4 is 5.32 Å². The van der Waals surface area contributed by atoms with Crippen molar-refractivity contribution in [3.05, 3.63) is 28.2 Å². The largest absolute Gasteiger partial charge is 0.478 e. The van der Waals surface area contributed by atoms with E-state index in [1.807, 2.05) is 13.0 Å². The summed E-state index contributed by atoms with van der Waals surface area (Å²) in [5, 5.41) is 11.7. The van der Waals surface area contributed by atoms with E-state index in [1.165, 1.54) is 11.8 Å². The molecule has 0 bridgehead atoms. The number of rotatable bonds is 5. The summed E-state index contributed by atoms with van der Waals surface area (Å²) in [5.41, 5.74) is 0.208. The van der Waals surface area contributed by atoms with E-state index in [1.54, 1.807) is 12.1 Å². The summed E-state index contributed by atoms with van der Waals surface area (Å²) in [5.74, 6) is -0.975. The maximum Gasteiger partial charge on any atom is 0.336 e. The third kappa shape index (κ3) is 3.98. The van der Waals surface area contributed by atoms with Gasteiger partial charge in [0.25, 0.3) is 0 Å². The van der Waals surface area contributed by atoms with Crippen molar-refractivity contribution in [2.75, 3.05) is 0 Å². The van der Waals surface area contributed by atoms with Gasteiger partial charge in [0, 0.05) is 15.4 Å². The molecule has 0 aromatic heterocycles. The molecule has 0 spiro atoms. The number of aromatic carboxylic acids is 1. The molecule has 19 heavy (non-hydrogen) atoms. The van der Waals surface area contributed by atoms with E-state index in [0.29, 0.717) is 10.5 Å². The number of hydrogen-bond donors (Lipinski definition) is 2. The van der Waals surface area contributed by atoms with Crippen molar-refractivity contribution >= 4 is 39.6 Å². The van der Waals surface area contributed by atoms with Crippen molar-refractivity contribution in [2.24, 2.45) is 0 Å². The van der Waals surface area contributed by atoms with Crippen molar-refractivity contribution in [1.29, 1.82) is 0 Å². The average molecular weight is 344 g/mol. The minimum absolute atomic E-state index is 0.00675. The number of hydrogen-bond acceptors (Lipinski definition) is 3. The van der Waals surface area contributed by atoms with Crippen LogP contribution in [-0.2, 0) is 4.79 Å². The van der Waals surface area contributed by atoms with Gasteiger partial charge in [0.2, 0.25) is 5.91 Å². The highest BCUT2D eigenvalue weighted by atomic mass is 79.9. The van der Waals surface area contributed by atoms with E-state index in [9.17, 15) is 9.59 Å². The van der Waals surface area contributed by atoms with Gasteiger partial charge in [0.1, 0.15) is 0 Å². The van der Waals surface area contributed by atoms with Gasteiger partial charge in [-0.2, -0.15) is 0 Å². The summed E-state index contributed by atoms with van der Waals surface area (Å²) < 4.78 is 0.541. The molecule has 0 radical (unpaired) electrons. The van der Waals surface area contributed by atoms with Gasteiger partial charge in [0.05, 0.1) is 10.8 Å². The molecule has 4 nitrogen and oxygen atoms in total. The quantitative estimate of drug-likeness (QED) is 0.806. The number of thioether (sulfide) groups is 1. The fourth-order valence-electron chi connectivity index (χ4n) is 1.55. The molecule has 1 aromatic rings. The molecule has 1 aliphatic rings. The van der Waals surface area contributed by atoms with Crippen molar-refractivity contribution in [2.45, 2.75) is 36.0 Å². The summed E-state index contributed by atoms with van der Waals surface area (Å²) >= 11 is 4.56. The molecule has 2 N–H and O–H groups in total. The molecule has 1 unspecified atom stereocenters. The summed E-state index contributed by atoms with van der Waals surface area (Å²) in [6.45, 7) is 1.82. The van der Waals surface area contributed by atoms with Gasteiger partial charge in [-0.05, 0) is 53.9 Å². The van der Waals surface area contributed by atoms with Crippen LogP contribution in [0.25, 0.3) is 0 Å². The molecule has 1 atom stereocenters. The van der Waals surface area contributed by atoms with Crippen molar-refractivity contribution < 1.29 is 14.7 Å². The second-order valence-corrected chi connectivity index (χ2v) is 6.76. The molecular formula is C13H14BrNO3S. The molecule has 1 fully saturated rings. The Morgan fingerprint density at radius 3 is 2.74 bits per heavy atom. The second kappa shape index (κ2) is 5.96. The van der Waals surface area contributed by atoms with Gasteiger partial charge in [-0.1, -0.05) is 0 Å². The first kappa shape index (κ1) is 14.4. The fraction of sp³-hybridized carbons (Fsp3) is 0.385. The Bertz CT molecular complexity index is 517. The SMILES string of the molecule is CC(Sc1ccc(Br)c(C(=O)O)c1)C(=O)NC1CC1. The highest BCUT2D eigenvalue weighted by molar-refractivity contribution is 9.10. The number of nitrogens with one attached hydrogen (secondary N) is 1. The molecule has 6 heteroatoms. The van der Waals surface area contributed by atoms with Gasteiger partial charge in [-0.15, -0.1) is 11.8 Å². The number of carboxylic acid groups (broad SMARTS) is 1. The van der Waals surface area contributed by atoms with E-state index in [0.717, 1.165) is 17.7 Å². The molecule has 0 heterocycles. The number of amides is 1. The predicted molar refractivity (Wildman–Crippen MR) is 77.6 cm³/mol. The Kier molecular flexibility index (Phi) is 4.52. The molecule has 2 rings (SSSR count). The van der Waals surface area contributed by atoms with E-state index >= 15 is 0 Å². The van der Waals surface area contributed by atoms with E-state index < -0.39 is 5.97 Å². The van der Waals surface area contributed by atoms with Crippen LogP contribution in [0.5, 0.6) is 0 Å². The molecule has 1 saturated carbocycles. The lowest BCUT2D eigenvalue weighted by Gasteiger charge is -2.12. The molecule has 0 aliphatic heterocycles. The number of carbonyl (C=O) groups is 2. The Labute approximate surface area is 124 Å². The zero-order chi connectivity index (χ0) is 14.0. The van der Waals surface area contributed by atoms with Crippen LogP contribution in [0.2, 0.25) is 0 Å². The standard InChI is InChI=1S/C13H14BrNO3S/c1-7(12(16)15-8-2-3-8)19-9-4-5-11(14)10(6-9)13(17)18/h4-8H,2-3H2,1H3,(H,15,16)(H,17,18). The van der Waals surface area contributed by atoms with Gasteiger partial charge in [-0.3, -0.25) is 4.79 Å². The van der Waals surface area contributed by atoms with Crippen LogP contribution in [0.1, 0.15) is 30.1 Å². The number of halogens is 1. The Hall–Kier alpha value is -1.01. The number of carboxylic acids is 1. The average Bonchev–Trinajstić information content (AvgIpc) is 3.15. The molecule has 0 saturated heterocycles. The van der Waals surface area contributed by atoms with Gasteiger partial charge < -0.3 is 10.4 Å². The van der Waals surface area contributed by atoms with Crippen LogP contribution >= 0.6 is 27.7 Å². The lowest BCUT2D eigenvalue weighted by Crippen LogP contribution is -2.32. The Balaban J connectivity index is 2.03. The molecule has 102 valence electrons. The Morgan fingerprint density at radius 2 is 2.16 bits per heavy atom. The minimum Gasteiger partial charge on any atom is -0.478 e. The third-order valence-electron chi connectivity index (χ3n) is 2.77. The normalized spacial score (nSPS) is 15.9. The van der Waals surface area contributed by atoms with Crippen LogP contribution in [0.3, 0.4) is 0 Å². The zero-order valence-corrected chi connectivity index (χ0v) is 12.8. The molecule has 1 amide bonds. The molecule has 1 aliphatic carbocycles. The highest BCUT2D eigenvalue weighted by Gasteiger charge is 2.26. The van der Waals surface area contributed by atoms with Crippen molar-refractivity contribution in [3.8, 4) is 0 Å². The van der Waals surface area contributed by atoms with E-state index in [-0.39, 0.29) is 16.7 Å². The first-order valence-electron chi connectivity index (χ1n) is 5.97. The predicted octanol–water partition coefficient (Wildman–Crippen LogP) is 2.91. The minimum atomic E-state index is -0.982. The van der Waals surface area contributed by atoms with Crippen LogP contribution in [0.4, 0.5) is 0 Å². The van der Waals surface area contributed by atoms with Gasteiger partial charge >= 0.3 is 5.97 Å². The molecule has 1 aromatic carbocycles. The number of benzene rings is 1. The Morgan fingerprint density at radius 1 is 1.47 bits per heavy atom. The monoisotopic (exact) mass is 343 g/mol. The van der Waals surface area contributed by atoms with E-state index in [2.05, 4.69) is 21.2 Å². The van der Waals surface area contributed by atoms with Crippen LogP contribution in [-0.4, -0.2) is 28.3 Å². The lowest BCUT2D eigenvalue weighted by molar-refractivity contribution is -0.120.